The quantitative estimate of drug-likeness (QED) is 0.586. The summed E-state index contributed by atoms with van der Waals surface area (Å²) >= 11 is 3.28. The number of furan rings is 1. The molecule has 0 amide bonds. The highest BCUT2D eigenvalue weighted by Gasteiger charge is 2.12. The van der Waals surface area contributed by atoms with Crippen molar-refractivity contribution in [1.29, 1.82) is 0 Å². The molecule has 2 rings (SSSR count). The third kappa shape index (κ3) is 3.95. The van der Waals surface area contributed by atoms with Crippen LogP contribution in [0.15, 0.2) is 39.2 Å². The second-order valence-corrected chi connectivity index (χ2v) is 4.99. The molecule has 0 bridgehead atoms. The number of rotatable bonds is 6. The molecule has 2 aromatic rings. The molecule has 0 saturated heterocycles. The first-order valence-corrected chi connectivity index (χ1v) is 7.06. The van der Waals surface area contributed by atoms with Crippen LogP contribution in [0.2, 0.25) is 0 Å². The number of aldehydes is 1. The number of benzene rings is 1. The van der Waals surface area contributed by atoms with Crippen LogP contribution in [-0.4, -0.2) is 18.9 Å². The summed E-state index contributed by atoms with van der Waals surface area (Å²) < 4.78 is 16.5. The first-order valence-electron chi connectivity index (χ1n) is 6.27. The average Bonchev–Trinajstić information content (AvgIpc) is 2.95. The lowest BCUT2D eigenvalue weighted by Crippen LogP contribution is -2.03. The highest BCUT2D eigenvalue weighted by Crippen LogP contribution is 2.23. The van der Waals surface area contributed by atoms with E-state index in [1.165, 1.54) is 6.07 Å². The lowest BCUT2D eigenvalue weighted by Gasteiger charge is -2.07. The van der Waals surface area contributed by atoms with Gasteiger partial charge in [-0.25, -0.2) is 4.79 Å². The van der Waals surface area contributed by atoms with Gasteiger partial charge < -0.3 is 13.9 Å². The standard InChI is InChI=1S/C15H13BrO5/c1-2-19-15(18)14-6-4-12(21-14)9-20-13-5-3-11(16)7-10(13)8-17/h3-8H,2,9H2,1H3. The lowest BCUT2D eigenvalue weighted by molar-refractivity contribution is 0.0486. The summed E-state index contributed by atoms with van der Waals surface area (Å²) in [4.78, 5) is 22.4. The van der Waals surface area contributed by atoms with Crippen LogP contribution in [0.5, 0.6) is 5.75 Å². The summed E-state index contributed by atoms with van der Waals surface area (Å²) in [6.07, 6.45) is 0.715. The second kappa shape index (κ2) is 7.08. The molecule has 0 aliphatic heterocycles. The van der Waals surface area contributed by atoms with Crippen molar-refractivity contribution in [1.82, 2.24) is 0 Å². The summed E-state index contributed by atoms with van der Waals surface area (Å²) in [5.74, 6) is 0.531. The first-order chi connectivity index (χ1) is 10.1. The number of hydrogen-bond donors (Lipinski definition) is 0. The molecule has 0 aliphatic rings. The maximum atomic E-state index is 11.5. The molecule has 0 fully saturated rings. The van der Waals surface area contributed by atoms with Gasteiger partial charge in [0.1, 0.15) is 18.1 Å². The van der Waals surface area contributed by atoms with Gasteiger partial charge in [0, 0.05) is 4.47 Å². The molecule has 0 saturated carbocycles. The van der Waals surface area contributed by atoms with E-state index in [0.717, 1.165) is 4.47 Å². The monoisotopic (exact) mass is 352 g/mol. The number of carbonyl (C=O) groups excluding carboxylic acids is 2. The maximum absolute atomic E-state index is 11.5. The molecule has 5 nitrogen and oxygen atoms in total. The zero-order valence-electron chi connectivity index (χ0n) is 11.3. The van der Waals surface area contributed by atoms with Crippen molar-refractivity contribution in [2.75, 3.05) is 6.61 Å². The van der Waals surface area contributed by atoms with E-state index in [1.54, 1.807) is 31.2 Å². The minimum absolute atomic E-state index is 0.113. The van der Waals surface area contributed by atoms with Crippen molar-refractivity contribution < 1.29 is 23.5 Å². The first kappa shape index (κ1) is 15.3. The van der Waals surface area contributed by atoms with Crippen molar-refractivity contribution in [2.24, 2.45) is 0 Å². The average molecular weight is 353 g/mol. The highest BCUT2D eigenvalue weighted by molar-refractivity contribution is 9.10. The zero-order chi connectivity index (χ0) is 15.2. The highest BCUT2D eigenvalue weighted by atomic mass is 79.9. The normalized spacial score (nSPS) is 10.2. The van der Waals surface area contributed by atoms with Gasteiger partial charge in [-0.1, -0.05) is 15.9 Å². The Morgan fingerprint density at radius 3 is 2.86 bits per heavy atom. The predicted molar refractivity (Wildman–Crippen MR) is 78.5 cm³/mol. The number of ether oxygens (including phenoxy) is 2. The Bertz CT molecular complexity index is 647. The molecule has 110 valence electrons. The van der Waals surface area contributed by atoms with Gasteiger partial charge in [-0.15, -0.1) is 0 Å². The Labute approximate surface area is 130 Å². The molecule has 0 spiro atoms. The van der Waals surface area contributed by atoms with Gasteiger partial charge in [-0.3, -0.25) is 4.79 Å². The molecular weight excluding hydrogens is 340 g/mol. The van der Waals surface area contributed by atoms with Crippen LogP contribution in [0.4, 0.5) is 0 Å². The Balaban J connectivity index is 2.03. The minimum atomic E-state index is -0.513. The molecule has 0 radical (unpaired) electrons. The van der Waals surface area contributed by atoms with Crippen molar-refractivity contribution in [2.45, 2.75) is 13.5 Å². The smallest absolute Gasteiger partial charge is 0.374 e. The van der Waals surface area contributed by atoms with Crippen molar-refractivity contribution in [3.63, 3.8) is 0 Å². The van der Waals surface area contributed by atoms with Crippen molar-refractivity contribution in [3.05, 3.63) is 51.9 Å². The van der Waals surface area contributed by atoms with Gasteiger partial charge in [0.05, 0.1) is 12.2 Å². The van der Waals surface area contributed by atoms with Crippen LogP contribution < -0.4 is 4.74 Å². The van der Waals surface area contributed by atoms with E-state index in [-0.39, 0.29) is 19.0 Å². The summed E-state index contributed by atoms with van der Waals surface area (Å²) in [6.45, 7) is 2.12. The number of carbonyl (C=O) groups is 2. The zero-order valence-corrected chi connectivity index (χ0v) is 12.9. The van der Waals surface area contributed by atoms with Crippen LogP contribution in [0, 0.1) is 0 Å². The Morgan fingerprint density at radius 1 is 1.33 bits per heavy atom. The van der Waals surface area contributed by atoms with E-state index in [9.17, 15) is 9.59 Å². The van der Waals surface area contributed by atoms with Gasteiger partial charge in [0.2, 0.25) is 5.76 Å². The van der Waals surface area contributed by atoms with Gasteiger partial charge >= 0.3 is 5.97 Å². The third-order valence-electron chi connectivity index (χ3n) is 2.61. The van der Waals surface area contributed by atoms with Crippen LogP contribution in [-0.2, 0) is 11.3 Å². The minimum Gasteiger partial charge on any atom is -0.485 e. The van der Waals surface area contributed by atoms with E-state index in [0.29, 0.717) is 23.4 Å². The number of esters is 1. The van der Waals surface area contributed by atoms with Gasteiger partial charge in [-0.05, 0) is 37.3 Å². The summed E-state index contributed by atoms with van der Waals surface area (Å²) in [5.41, 5.74) is 0.432. The van der Waals surface area contributed by atoms with Crippen LogP contribution >= 0.6 is 15.9 Å². The second-order valence-electron chi connectivity index (χ2n) is 4.08. The Kier molecular flexibility index (Phi) is 5.16. The molecule has 6 heteroatoms. The SMILES string of the molecule is CCOC(=O)c1ccc(COc2ccc(Br)cc2C=O)o1. The molecular formula is C15H13BrO5. The van der Waals surface area contributed by atoms with Crippen molar-refractivity contribution >= 4 is 28.2 Å². The van der Waals surface area contributed by atoms with E-state index in [2.05, 4.69) is 15.9 Å². The molecule has 0 unspecified atom stereocenters. The molecule has 1 aromatic heterocycles. The molecule has 0 aliphatic carbocycles. The van der Waals surface area contributed by atoms with Crippen LogP contribution in [0.1, 0.15) is 33.6 Å². The van der Waals surface area contributed by atoms with E-state index >= 15 is 0 Å². The summed E-state index contributed by atoms with van der Waals surface area (Å²) in [7, 11) is 0. The molecule has 21 heavy (non-hydrogen) atoms. The predicted octanol–water partition coefficient (Wildman–Crippen LogP) is 3.61. The number of halogens is 1. The Morgan fingerprint density at radius 2 is 2.14 bits per heavy atom. The lowest BCUT2D eigenvalue weighted by atomic mass is 10.2. The van der Waals surface area contributed by atoms with E-state index in [1.807, 2.05) is 0 Å². The molecule has 0 N–H and O–H groups in total. The van der Waals surface area contributed by atoms with Gasteiger partial charge in [0.15, 0.2) is 6.29 Å². The maximum Gasteiger partial charge on any atom is 0.374 e. The Hall–Kier alpha value is -2.08. The molecule has 1 aromatic carbocycles. The largest absolute Gasteiger partial charge is 0.485 e. The summed E-state index contributed by atoms with van der Waals surface area (Å²) in [5, 5.41) is 0. The molecule has 1 heterocycles. The topological polar surface area (TPSA) is 65.7 Å². The van der Waals surface area contributed by atoms with Crippen LogP contribution in [0.25, 0.3) is 0 Å². The molecule has 0 atom stereocenters. The fourth-order valence-electron chi connectivity index (χ4n) is 1.66. The third-order valence-corrected chi connectivity index (χ3v) is 3.10. The van der Waals surface area contributed by atoms with E-state index < -0.39 is 5.97 Å². The van der Waals surface area contributed by atoms with Gasteiger partial charge in [0.25, 0.3) is 0 Å². The fourth-order valence-corrected chi connectivity index (χ4v) is 2.04. The van der Waals surface area contributed by atoms with Crippen LogP contribution in [0.3, 0.4) is 0 Å². The number of hydrogen-bond acceptors (Lipinski definition) is 5. The van der Waals surface area contributed by atoms with E-state index in [4.69, 9.17) is 13.9 Å². The fraction of sp³-hybridized carbons (Fsp3) is 0.200. The van der Waals surface area contributed by atoms with Crippen molar-refractivity contribution in [3.8, 4) is 5.75 Å². The van der Waals surface area contributed by atoms with Gasteiger partial charge in [-0.2, -0.15) is 0 Å². The summed E-state index contributed by atoms with van der Waals surface area (Å²) in [6, 6.07) is 8.27.